The lowest BCUT2D eigenvalue weighted by Crippen LogP contribution is -2.30. The number of hydrogen-bond donors (Lipinski definition) is 1. The first-order chi connectivity index (χ1) is 16.2. The number of urea groups is 1. The minimum absolute atomic E-state index is 0.0876. The number of imide groups is 1. The second kappa shape index (κ2) is 10.5. The average Bonchev–Trinajstić information content (AvgIpc) is 3.04. The number of benzene rings is 3. The van der Waals surface area contributed by atoms with Crippen molar-refractivity contribution in [3.05, 3.63) is 102 Å². The van der Waals surface area contributed by atoms with Crippen molar-refractivity contribution in [3.63, 3.8) is 0 Å². The van der Waals surface area contributed by atoms with Crippen LogP contribution in [0.1, 0.15) is 16.7 Å². The summed E-state index contributed by atoms with van der Waals surface area (Å²) in [5.74, 6) is -0.471. The second-order valence-electron chi connectivity index (χ2n) is 7.32. The number of carbonyl (C=O) groups excluding carboxylic acids is 2. The summed E-state index contributed by atoms with van der Waals surface area (Å²) in [5.41, 5.74) is 1.82. The fraction of sp³-hybridized carbons (Fsp3) is 0.0833. The molecule has 3 aromatic rings. The number of rotatable bonds is 6. The molecule has 1 saturated heterocycles. The number of carbonyl (C=O) groups is 2. The van der Waals surface area contributed by atoms with Gasteiger partial charge in [-0.1, -0.05) is 47.5 Å². The lowest BCUT2D eigenvalue weighted by atomic mass is 10.1. The summed E-state index contributed by atoms with van der Waals surface area (Å²) in [6.45, 7) is 0.0949. The van der Waals surface area contributed by atoms with E-state index in [-0.39, 0.29) is 24.4 Å². The van der Waals surface area contributed by atoms with Crippen molar-refractivity contribution in [2.24, 2.45) is 0 Å². The molecule has 1 N–H and O–H groups in total. The molecule has 0 radical (unpaired) electrons. The van der Waals surface area contributed by atoms with Crippen LogP contribution in [0.5, 0.6) is 5.75 Å². The molecule has 0 unspecified atom stereocenters. The van der Waals surface area contributed by atoms with Gasteiger partial charge in [-0.15, -0.1) is 0 Å². The highest BCUT2D eigenvalue weighted by molar-refractivity contribution is 9.11. The monoisotopic (exact) mass is 626 g/mol. The van der Waals surface area contributed by atoms with Gasteiger partial charge in [0.2, 0.25) is 0 Å². The van der Waals surface area contributed by atoms with Gasteiger partial charge in [0.15, 0.2) is 0 Å². The van der Waals surface area contributed by atoms with E-state index in [2.05, 4.69) is 37.2 Å². The first-order valence-corrected chi connectivity index (χ1v) is 12.2. The Hall–Kier alpha value is -2.39. The van der Waals surface area contributed by atoms with Gasteiger partial charge < -0.3 is 10.1 Å². The molecule has 1 aliphatic rings. The minimum Gasteiger partial charge on any atom is -0.487 e. The molecule has 34 heavy (non-hydrogen) atoms. The van der Waals surface area contributed by atoms with Crippen LogP contribution in [-0.4, -0.2) is 16.8 Å². The summed E-state index contributed by atoms with van der Waals surface area (Å²) in [6, 6.07) is 14.1. The summed E-state index contributed by atoms with van der Waals surface area (Å²) < 4.78 is 21.1. The van der Waals surface area contributed by atoms with Crippen molar-refractivity contribution >= 4 is 73.1 Å². The fourth-order valence-corrected chi connectivity index (χ4v) is 5.04. The molecule has 0 saturated carbocycles. The van der Waals surface area contributed by atoms with Gasteiger partial charge in [0.05, 0.1) is 25.5 Å². The molecule has 0 bridgehead atoms. The molecule has 0 atom stereocenters. The van der Waals surface area contributed by atoms with Gasteiger partial charge in [-0.05, 0) is 79.4 Å². The highest BCUT2D eigenvalue weighted by Crippen LogP contribution is 2.36. The van der Waals surface area contributed by atoms with E-state index in [9.17, 15) is 14.0 Å². The van der Waals surface area contributed by atoms with Crippen molar-refractivity contribution in [2.45, 2.75) is 13.2 Å². The lowest BCUT2D eigenvalue weighted by Gasteiger charge is -2.12. The first kappa shape index (κ1) is 24.7. The molecule has 3 amide bonds. The normalized spacial score (nSPS) is 14.6. The molecular formula is C24H15Br2Cl2FN2O3. The molecule has 10 heteroatoms. The van der Waals surface area contributed by atoms with Crippen LogP contribution >= 0.6 is 55.1 Å². The van der Waals surface area contributed by atoms with Gasteiger partial charge in [-0.2, -0.15) is 0 Å². The van der Waals surface area contributed by atoms with E-state index in [1.54, 1.807) is 42.5 Å². The maximum absolute atomic E-state index is 14.0. The smallest absolute Gasteiger partial charge is 0.329 e. The fourth-order valence-electron chi connectivity index (χ4n) is 3.26. The molecule has 1 heterocycles. The van der Waals surface area contributed by atoms with Crippen LogP contribution in [0.4, 0.5) is 9.18 Å². The van der Waals surface area contributed by atoms with Crippen LogP contribution in [0, 0.1) is 5.82 Å². The van der Waals surface area contributed by atoms with E-state index in [0.29, 0.717) is 30.3 Å². The van der Waals surface area contributed by atoms with Gasteiger partial charge in [0.25, 0.3) is 5.91 Å². The molecule has 0 spiro atoms. The number of hydrogen-bond acceptors (Lipinski definition) is 3. The molecule has 3 aromatic carbocycles. The van der Waals surface area contributed by atoms with E-state index in [0.717, 1.165) is 10.5 Å². The molecule has 1 aliphatic heterocycles. The van der Waals surface area contributed by atoms with Crippen molar-refractivity contribution in [1.82, 2.24) is 10.2 Å². The minimum atomic E-state index is -0.612. The first-order valence-electron chi connectivity index (χ1n) is 9.86. The molecule has 4 rings (SSSR count). The predicted octanol–water partition coefficient (Wildman–Crippen LogP) is 7.33. The Morgan fingerprint density at radius 1 is 1.00 bits per heavy atom. The largest absolute Gasteiger partial charge is 0.487 e. The van der Waals surface area contributed by atoms with Gasteiger partial charge in [-0.25, -0.2) is 9.18 Å². The zero-order chi connectivity index (χ0) is 24.4. The third kappa shape index (κ3) is 5.46. The number of amides is 3. The summed E-state index contributed by atoms with van der Waals surface area (Å²) in [6.07, 6.45) is 1.54. The maximum atomic E-state index is 14.0. The highest BCUT2D eigenvalue weighted by Gasteiger charge is 2.34. The molecule has 174 valence electrons. The Labute approximate surface area is 221 Å². The third-order valence-corrected chi connectivity index (χ3v) is 6.86. The summed E-state index contributed by atoms with van der Waals surface area (Å²) in [7, 11) is 0. The molecule has 0 aromatic heterocycles. The standard InChI is InChI=1S/C24H15Br2Cl2FN2O3/c25-16-7-14(8-17(26)22(16)34-12-13-5-6-18(27)19(28)9-13)10-21-23(32)31(24(33)30-21)11-15-3-1-2-4-20(15)29/h1-10H,11-12H2,(H,30,33)/b21-10+. The number of nitrogens with zero attached hydrogens (tertiary/aromatic N) is 1. The van der Waals surface area contributed by atoms with Gasteiger partial charge >= 0.3 is 6.03 Å². The van der Waals surface area contributed by atoms with E-state index in [1.807, 2.05) is 6.07 Å². The van der Waals surface area contributed by atoms with E-state index in [1.165, 1.54) is 12.1 Å². The van der Waals surface area contributed by atoms with Crippen molar-refractivity contribution in [2.75, 3.05) is 0 Å². The third-order valence-electron chi connectivity index (χ3n) is 4.95. The van der Waals surface area contributed by atoms with E-state index >= 15 is 0 Å². The molecule has 5 nitrogen and oxygen atoms in total. The quantitative estimate of drug-likeness (QED) is 0.230. The maximum Gasteiger partial charge on any atom is 0.329 e. The van der Waals surface area contributed by atoms with Crippen molar-refractivity contribution in [1.29, 1.82) is 0 Å². The topological polar surface area (TPSA) is 58.6 Å². The summed E-state index contributed by atoms with van der Waals surface area (Å²) >= 11 is 19.0. The number of halogens is 5. The van der Waals surface area contributed by atoms with Crippen LogP contribution in [0.2, 0.25) is 10.0 Å². The Morgan fingerprint density at radius 2 is 1.71 bits per heavy atom. The zero-order valence-electron chi connectivity index (χ0n) is 17.2. The molecular weight excluding hydrogens is 614 g/mol. The second-order valence-corrected chi connectivity index (χ2v) is 9.84. The van der Waals surface area contributed by atoms with Crippen LogP contribution in [-0.2, 0) is 17.9 Å². The van der Waals surface area contributed by atoms with Crippen molar-refractivity contribution < 1.29 is 18.7 Å². The highest BCUT2D eigenvalue weighted by atomic mass is 79.9. The van der Waals surface area contributed by atoms with Gasteiger partial charge in [0.1, 0.15) is 23.9 Å². The summed E-state index contributed by atoms with van der Waals surface area (Å²) in [4.78, 5) is 26.1. The van der Waals surface area contributed by atoms with Gasteiger partial charge in [0, 0.05) is 5.56 Å². The van der Waals surface area contributed by atoms with E-state index < -0.39 is 17.8 Å². The van der Waals surface area contributed by atoms with E-state index in [4.69, 9.17) is 27.9 Å². The van der Waals surface area contributed by atoms with Crippen LogP contribution in [0.3, 0.4) is 0 Å². The SMILES string of the molecule is O=C1N/C(=C/c2cc(Br)c(OCc3ccc(Cl)c(Cl)c3)c(Br)c2)C(=O)N1Cc1ccccc1F. The Kier molecular flexibility index (Phi) is 7.62. The number of nitrogens with one attached hydrogen (secondary N) is 1. The lowest BCUT2D eigenvalue weighted by molar-refractivity contribution is -0.123. The molecule has 0 aliphatic carbocycles. The van der Waals surface area contributed by atoms with Gasteiger partial charge in [-0.3, -0.25) is 9.69 Å². The van der Waals surface area contributed by atoms with Crippen LogP contribution < -0.4 is 10.1 Å². The predicted molar refractivity (Wildman–Crippen MR) is 136 cm³/mol. The molecule has 1 fully saturated rings. The van der Waals surface area contributed by atoms with Crippen LogP contribution in [0.15, 0.2) is 69.2 Å². The average molecular weight is 629 g/mol. The Morgan fingerprint density at radius 3 is 2.38 bits per heavy atom. The Balaban J connectivity index is 1.50. The Bertz CT molecular complexity index is 1310. The van der Waals surface area contributed by atoms with Crippen LogP contribution in [0.25, 0.3) is 6.08 Å². The zero-order valence-corrected chi connectivity index (χ0v) is 21.9. The summed E-state index contributed by atoms with van der Waals surface area (Å²) in [5, 5.41) is 3.45. The number of ether oxygens (including phenoxy) is 1. The van der Waals surface area contributed by atoms with Crippen molar-refractivity contribution in [3.8, 4) is 5.75 Å².